The highest BCUT2D eigenvalue weighted by Crippen LogP contribution is 2.12. The molecule has 0 bridgehead atoms. The average Bonchev–Trinajstić information content (AvgIpc) is 2.48. The lowest BCUT2D eigenvalue weighted by atomic mass is 10.2. The molecule has 0 atom stereocenters. The van der Waals surface area contributed by atoms with E-state index < -0.39 is 0 Å². The van der Waals surface area contributed by atoms with E-state index in [0.29, 0.717) is 13.1 Å². The second-order valence-electron chi connectivity index (χ2n) is 3.91. The van der Waals surface area contributed by atoms with Crippen molar-refractivity contribution in [2.75, 3.05) is 19.6 Å². The van der Waals surface area contributed by atoms with Crippen LogP contribution in [0.15, 0.2) is 0 Å². The Morgan fingerprint density at radius 1 is 1.43 bits per heavy atom. The van der Waals surface area contributed by atoms with Gasteiger partial charge >= 0.3 is 6.03 Å². The summed E-state index contributed by atoms with van der Waals surface area (Å²) in [5.74, 6) is -0.158. The topological polar surface area (TPSA) is 40.6 Å². The molecule has 0 aromatic rings. The highest BCUT2D eigenvalue weighted by molar-refractivity contribution is 5.96. The molecular weight excluding hydrogens is 180 g/mol. The molecule has 1 heterocycles. The minimum Gasteiger partial charge on any atom is -0.323 e. The maximum absolute atomic E-state index is 11.7. The molecule has 0 unspecified atom stereocenters. The first-order chi connectivity index (χ1) is 6.57. The number of amides is 3. The van der Waals surface area contributed by atoms with Gasteiger partial charge in [-0.15, -0.1) is 0 Å². The van der Waals surface area contributed by atoms with Crippen LogP contribution in [-0.2, 0) is 4.79 Å². The van der Waals surface area contributed by atoms with E-state index in [1.807, 2.05) is 20.8 Å². The molecule has 0 aliphatic carbocycles. The Morgan fingerprint density at radius 2 is 2.07 bits per heavy atom. The highest BCUT2D eigenvalue weighted by Gasteiger charge is 2.33. The predicted octanol–water partition coefficient (Wildman–Crippen LogP) is 1.32. The SMILES string of the molecule is CCCN1CCN(C(=O)C(C)C)C1=O. The first-order valence-electron chi connectivity index (χ1n) is 5.18. The zero-order valence-electron chi connectivity index (χ0n) is 9.12. The highest BCUT2D eigenvalue weighted by atomic mass is 16.2. The van der Waals surface area contributed by atoms with E-state index in [2.05, 4.69) is 0 Å². The quantitative estimate of drug-likeness (QED) is 0.686. The van der Waals surface area contributed by atoms with E-state index in [0.717, 1.165) is 13.0 Å². The van der Waals surface area contributed by atoms with Gasteiger partial charge in [-0.3, -0.25) is 9.69 Å². The minimum atomic E-state index is -0.120. The minimum absolute atomic E-state index is 0.0615. The van der Waals surface area contributed by atoms with E-state index in [4.69, 9.17) is 0 Å². The molecule has 0 saturated carbocycles. The van der Waals surface area contributed by atoms with Gasteiger partial charge in [0.1, 0.15) is 0 Å². The van der Waals surface area contributed by atoms with Crippen molar-refractivity contribution in [1.82, 2.24) is 9.80 Å². The van der Waals surface area contributed by atoms with Crippen LogP contribution in [-0.4, -0.2) is 41.4 Å². The van der Waals surface area contributed by atoms with Crippen molar-refractivity contribution in [3.8, 4) is 0 Å². The maximum atomic E-state index is 11.7. The fourth-order valence-electron chi connectivity index (χ4n) is 1.58. The van der Waals surface area contributed by atoms with Crippen LogP contribution in [0, 0.1) is 5.92 Å². The molecule has 1 aliphatic rings. The van der Waals surface area contributed by atoms with Gasteiger partial charge in [-0.25, -0.2) is 4.79 Å². The fourth-order valence-corrected chi connectivity index (χ4v) is 1.58. The fraction of sp³-hybridized carbons (Fsp3) is 0.800. The molecule has 1 saturated heterocycles. The zero-order valence-corrected chi connectivity index (χ0v) is 9.12. The lowest BCUT2D eigenvalue weighted by molar-refractivity contribution is -0.130. The second-order valence-corrected chi connectivity index (χ2v) is 3.91. The second kappa shape index (κ2) is 4.44. The van der Waals surface area contributed by atoms with Crippen molar-refractivity contribution >= 4 is 11.9 Å². The summed E-state index contributed by atoms with van der Waals surface area (Å²) in [5.41, 5.74) is 0. The third kappa shape index (κ3) is 2.05. The van der Waals surface area contributed by atoms with Crippen LogP contribution in [0.5, 0.6) is 0 Å². The molecular formula is C10H18N2O2. The monoisotopic (exact) mass is 198 g/mol. The van der Waals surface area contributed by atoms with Crippen LogP contribution >= 0.6 is 0 Å². The maximum Gasteiger partial charge on any atom is 0.326 e. The Bertz CT molecular complexity index is 238. The summed E-state index contributed by atoms with van der Waals surface area (Å²) in [5, 5.41) is 0. The summed E-state index contributed by atoms with van der Waals surface area (Å²) in [6.45, 7) is 7.65. The largest absolute Gasteiger partial charge is 0.326 e. The molecule has 3 amide bonds. The lowest BCUT2D eigenvalue weighted by Crippen LogP contribution is -2.38. The van der Waals surface area contributed by atoms with E-state index in [1.54, 1.807) is 4.90 Å². The van der Waals surface area contributed by atoms with Crippen molar-refractivity contribution < 1.29 is 9.59 Å². The number of hydrogen-bond acceptors (Lipinski definition) is 2. The van der Waals surface area contributed by atoms with Gasteiger partial charge in [0, 0.05) is 25.6 Å². The number of carbonyl (C=O) groups is 2. The van der Waals surface area contributed by atoms with Gasteiger partial charge in [0.25, 0.3) is 0 Å². The van der Waals surface area contributed by atoms with E-state index in [9.17, 15) is 9.59 Å². The van der Waals surface area contributed by atoms with Gasteiger partial charge in [0.15, 0.2) is 0 Å². The van der Waals surface area contributed by atoms with Crippen LogP contribution in [0.4, 0.5) is 4.79 Å². The molecule has 0 N–H and O–H groups in total. The first kappa shape index (κ1) is 11.0. The summed E-state index contributed by atoms with van der Waals surface area (Å²) in [4.78, 5) is 26.4. The van der Waals surface area contributed by atoms with Crippen molar-refractivity contribution in [2.24, 2.45) is 5.92 Å². The number of hydrogen-bond donors (Lipinski definition) is 0. The van der Waals surface area contributed by atoms with Gasteiger partial charge in [0.2, 0.25) is 5.91 Å². The number of carbonyl (C=O) groups excluding carboxylic acids is 2. The van der Waals surface area contributed by atoms with Crippen LogP contribution < -0.4 is 0 Å². The predicted molar refractivity (Wildman–Crippen MR) is 53.8 cm³/mol. The van der Waals surface area contributed by atoms with E-state index in [-0.39, 0.29) is 17.9 Å². The molecule has 0 aromatic heterocycles. The standard InChI is InChI=1S/C10H18N2O2/c1-4-5-11-6-7-12(10(11)14)9(13)8(2)3/h8H,4-7H2,1-3H3. The van der Waals surface area contributed by atoms with E-state index in [1.165, 1.54) is 4.90 Å². The zero-order chi connectivity index (χ0) is 10.7. The van der Waals surface area contributed by atoms with Gasteiger partial charge in [-0.05, 0) is 6.42 Å². The third-order valence-corrected chi connectivity index (χ3v) is 2.35. The van der Waals surface area contributed by atoms with Gasteiger partial charge in [-0.2, -0.15) is 0 Å². The van der Waals surface area contributed by atoms with Gasteiger partial charge < -0.3 is 4.90 Å². The molecule has 0 radical (unpaired) electrons. The van der Waals surface area contributed by atoms with Crippen LogP contribution in [0.1, 0.15) is 27.2 Å². The Hall–Kier alpha value is -1.06. The van der Waals surface area contributed by atoms with Gasteiger partial charge in [0.05, 0.1) is 0 Å². The van der Waals surface area contributed by atoms with Crippen LogP contribution in [0.3, 0.4) is 0 Å². The molecule has 80 valence electrons. The molecule has 0 spiro atoms. The molecule has 14 heavy (non-hydrogen) atoms. The number of imide groups is 1. The molecule has 1 aliphatic heterocycles. The van der Waals surface area contributed by atoms with Gasteiger partial charge in [-0.1, -0.05) is 20.8 Å². The van der Waals surface area contributed by atoms with Crippen LogP contribution in [0.25, 0.3) is 0 Å². The molecule has 4 heteroatoms. The van der Waals surface area contributed by atoms with E-state index >= 15 is 0 Å². The number of rotatable bonds is 3. The Kier molecular flexibility index (Phi) is 3.49. The molecule has 1 fully saturated rings. The summed E-state index contributed by atoms with van der Waals surface area (Å²) in [6.07, 6.45) is 0.940. The normalized spacial score (nSPS) is 17.0. The lowest BCUT2D eigenvalue weighted by Gasteiger charge is -2.18. The summed E-state index contributed by atoms with van der Waals surface area (Å²) in [6, 6.07) is -0.120. The number of urea groups is 1. The summed E-state index contributed by atoms with van der Waals surface area (Å²) < 4.78 is 0. The molecule has 4 nitrogen and oxygen atoms in total. The van der Waals surface area contributed by atoms with Crippen molar-refractivity contribution in [2.45, 2.75) is 27.2 Å². The third-order valence-electron chi connectivity index (χ3n) is 2.35. The van der Waals surface area contributed by atoms with Crippen molar-refractivity contribution in [3.63, 3.8) is 0 Å². The smallest absolute Gasteiger partial charge is 0.323 e. The number of nitrogens with zero attached hydrogens (tertiary/aromatic N) is 2. The Balaban J connectivity index is 2.59. The molecule has 1 rings (SSSR count). The van der Waals surface area contributed by atoms with Crippen LogP contribution in [0.2, 0.25) is 0 Å². The summed E-state index contributed by atoms with van der Waals surface area (Å²) in [7, 11) is 0. The summed E-state index contributed by atoms with van der Waals surface area (Å²) >= 11 is 0. The Labute approximate surface area is 84.9 Å². The first-order valence-corrected chi connectivity index (χ1v) is 5.18. The van der Waals surface area contributed by atoms with Crippen molar-refractivity contribution in [1.29, 1.82) is 0 Å². The van der Waals surface area contributed by atoms with Crippen molar-refractivity contribution in [3.05, 3.63) is 0 Å². The Morgan fingerprint density at radius 3 is 2.57 bits per heavy atom. The molecule has 0 aromatic carbocycles. The average molecular weight is 198 g/mol.